The van der Waals surface area contributed by atoms with Crippen LogP contribution in [0.3, 0.4) is 0 Å². The van der Waals surface area contributed by atoms with E-state index in [4.69, 9.17) is 5.11 Å². The lowest BCUT2D eigenvalue weighted by Crippen LogP contribution is -2.45. The molecule has 0 aromatic heterocycles. The highest BCUT2D eigenvalue weighted by Crippen LogP contribution is 1.76. The van der Waals surface area contributed by atoms with Crippen LogP contribution in [0.25, 0.3) is 0 Å². The van der Waals surface area contributed by atoms with Crippen LogP contribution in [0.1, 0.15) is 0 Å². The second-order valence-corrected chi connectivity index (χ2v) is 1.31. The number of nitrogens with one attached hydrogen (secondary N) is 1. The summed E-state index contributed by atoms with van der Waals surface area (Å²) in [6.45, 7) is 0. The molecule has 1 atom stereocenters. The Bertz CT molecular complexity index is 134. The van der Waals surface area contributed by atoms with Crippen molar-refractivity contribution in [1.82, 2.24) is 5.43 Å². The summed E-state index contributed by atoms with van der Waals surface area (Å²) in [5.74, 6) is 2.40. The summed E-state index contributed by atoms with van der Waals surface area (Å²) in [4.78, 5) is 20.1. The fourth-order valence-corrected chi connectivity index (χ4v) is 0.208. The Morgan fingerprint density at radius 3 is 2.11 bits per heavy atom. The van der Waals surface area contributed by atoms with Gasteiger partial charge in [0.05, 0.1) is 0 Å². The van der Waals surface area contributed by atoms with E-state index < -0.39 is 17.9 Å². The first-order chi connectivity index (χ1) is 4.09. The number of hydrogen-bond donors (Lipinski definition) is 4. The van der Waals surface area contributed by atoms with Gasteiger partial charge in [0, 0.05) is 0 Å². The van der Waals surface area contributed by atoms with Gasteiger partial charge in [0.1, 0.15) is 0 Å². The first-order valence-corrected chi connectivity index (χ1v) is 2.07. The minimum atomic E-state index is -1.85. The smallest absolute Gasteiger partial charge is 0.272 e. The number of rotatable bonds is 2. The van der Waals surface area contributed by atoms with Gasteiger partial charge >= 0.3 is 0 Å². The quantitative estimate of drug-likeness (QED) is 0.137. The molecular weight excluding hydrogens is 126 g/mol. The molecule has 0 aromatic rings. The zero-order valence-corrected chi connectivity index (χ0v) is 4.50. The second kappa shape index (κ2) is 3.00. The van der Waals surface area contributed by atoms with E-state index in [2.05, 4.69) is 11.6 Å². The molecule has 0 radical (unpaired) electrons. The first kappa shape index (κ1) is 7.86. The number of aliphatic hydroxyl groups excluding tert-OH is 1. The van der Waals surface area contributed by atoms with Crippen molar-refractivity contribution in [2.24, 2.45) is 11.6 Å². The molecule has 0 aliphatic carbocycles. The zero-order chi connectivity index (χ0) is 7.44. The first-order valence-electron chi connectivity index (χ1n) is 2.07. The summed E-state index contributed by atoms with van der Waals surface area (Å²) in [5.41, 5.74) is 6.06. The molecule has 9 heavy (non-hydrogen) atoms. The minimum Gasteiger partial charge on any atom is -0.375 e. The van der Waals surface area contributed by atoms with Crippen LogP contribution < -0.4 is 17.0 Å². The SMILES string of the molecule is NNC(=O)C(O)C(N)=O. The Morgan fingerprint density at radius 2 is 2.00 bits per heavy atom. The van der Waals surface area contributed by atoms with Crippen molar-refractivity contribution in [1.29, 1.82) is 0 Å². The number of amides is 2. The van der Waals surface area contributed by atoms with Crippen LogP contribution in [-0.2, 0) is 9.59 Å². The number of primary amides is 1. The Hall–Kier alpha value is -1.14. The van der Waals surface area contributed by atoms with Gasteiger partial charge < -0.3 is 10.8 Å². The standard InChI is InChI=1S/C3H7N3O3/c4-2(8)1(7)3(9)6-5/h1,7H,5H2,(H2,4,8)(H,6,9). The third-order valence-electron chi connectivity index (χ3n) is 0.660. The topological polar surface area (TPSA) is 118 Å². The van der Waals surface area contributed by atoms with Crippen molar-refractivity contribution in [3.05, 3.63) is 0 Å². The van der Waals surface area contributed by atoms with Crippen LogP contribution in [0.4, 0.5) is 0 Å². The molecule has 0 bridgehead atoms. The number of carbonyl (C=O) groups is 2. The molecule has 0 spiro atoms. The van der Waals surface area contributed by atoms with Crippen LogP contribution in [0.2, 0.25) is 0 Å². The summed E-state index contributed by atoms with van der Waals surface area (Å²) in [6, 6.07) is 0. The third-order valence-corrected chi connectivity index (χ3v) is 0.660. The van der Waals surface area contributed by atoms with E-state index in [1.54, 1.807) is 5.43 Å². The van der Waals surface area contributed by atoms with Crippen molar-refractivity contribution < 1.29 is 14.7 Å². The maximum absolute atomic E-state index is 10.2. The number of hydrogen-bond acceptors (Lipinski definition) is 4. The number of aliphatic hydroxyl groups is 1. The van der Waals surface area contributed by atoms with Gasteiger partial charge in [-0.2, -0.15) is 0 Å². The van der Waals surface area contributed by atoms with Gasteiger partial charge in [0.25, 0.3) is 11.8 Å². The van der Waals surface area contributed by atoms with Crippen LogP contribution >= 0.6 is 0 Å². The molecule has 0 saturated carbocycles. The normalized spacial score (nSPS) is 12.2. The Balaban J connectivity index is 3.88. The summed E-state index contributed by atoms with van der Waals surface area (Å²) in [6.07, 6.45) is -1.85. The average Bonchev–Trinajstić information content (AvgIpc) is 1.84. The van der Waals surface area contributed by atoms with E-state index >= 15 is 0 Å². The van der Waals surface area contributed by atoms with Gasteiger partial charge in [-0.1, -0.05) is 0 Å². The van der Waals surface area contributed by atoms with E-state index in [1.165, 1.54) is 0 Å². The Kier molecular flexibility index (Phi) is 2.62. The van der Waals surface area contributed by atoms with Crippen molar-refractivity contribution in [3.63, 3.8) is 0 Å². The Labute approximate surface area is 50.8 Å². The maximum atomic E-state index is 10.2. The van der Waals surface area contributed by atoms with Gasteiger partial charge in [0.15, 0.2) is 0 Å². The van der Waals surface area contributed by atoms with Crippen molar-refractivity contribution >= 4 is 11.8 Å². The van der Waals surface area contributed by atoms with Gasteiger partial charge in [-0.25, -0.2) is 5.84 Å². The molecule has 0 aliphatic rings. The summed E-state index contributed by atoms with van der Waals surface area (Å²) in [5, 5.41) is 8.43. The molecule has 0 aliphatic heterocycles. The third kappa shape index (κ3) is 2.06. The Morgan fingerprint density at radius 1 is 1.56 bits per heavy atom. The molecule has 0 heterocycles. The van der Waals surface area contributed by atoms with Gasteiger partial charge in [-0.05, 0) is 0 Å². The molecule has 52 valence electrons. The average molecular weight is 133 g/mol. The number of nitrogens with two attached hydrogens (primary N) is 2. The molecule has 0 aromatic carbocycles. The number of hydrazine groups is 1. The van der Waals surface area contributed by atoms with E-state index in [9.17, 15) is 9.59 Å². The predicted molar refractivity (Wildman–Crippen MR) is 27.5 cm³/mol. The van der Waals surface area contributed by atoms with E-state index in [0.717, 1.165) is 0 Å². The molecule has 6 heteroatoms. The predicted octanol–water partition coefficient (Wildman–Crippen LogP) is -3.18. The molecule has 0 saturated heterocycles. The lowest BCUT2D eigenvalue weighted by molar-refractivity contribution is -0.139. The monoisotopic (exact) mass is 133 g/mol. The van der Waals surface area contributed by atoms with Crippen LogP contribution in [0, 0.1) is 0 Å². The van der Waals surface area contributed by atoms with Gasteiger partial charge in [0.2, 0.25) is 6.10 Å². The van der Waals surface area contributed by atoms with Crippen molar-refractivity contribution in [3.8, 4) is 0 Å². The molecule has 0 fully saturated rings. The molecular formula is C3H7N3O3. The maximum Gasteiger partial charge on any atom is 0.272 e. The van der Waals surface area contributed by atoms with E-state index in [1.807, 2.05) is 0 Å². The van der Waals surface area contributed by atoms with Gasteiger partial charge in [-0.15, -0.1) is 0 Å². The minimum absolute atomic E-state index is 1.01. The van der Waals surface area contributed by atoms with Crippen LogP contribution in [0.5, 0.6) is 0 Å². The number of carbonyl (C=O) groups excluding carboxylic acids is 2. The van der Waals surface area contributed by atoms with Crippen molar-refractivity contribution in [2.45, 2.75) is 6.10 Å². The second-order valence-electron chi connectivity index (χ2n) is 1.31. The van der Waals surface area contributed by atoms with E-state index in [0.29, 0.717) is 0 Å². The zero-order valence-electron chi connectivity index (χ0n) is 4.50. The van der Waals surface area contributed by atoms with Crippen molar-refractivity contribution in [2.75, 3.05) is 0 Å². The van der Waals surface area contributed by atoms with Crippen LogP contribution in [-0.4, -0.2) is 23.0 Å². The summed E-state index contributed by atoms with van der Waals surface area (Å²) < 4.78 is 0. The highest BCUT2D eigenvalue weighted by atomic mass is 16.3. The molecule has 6 nitrogen and oxygen atoms in total. The summed E-state index contributed by atoms with van der Waals surface area (Å²) >= 11 is 0. The van der Waals surface area contributed by atoms with Gasteiger partial charge in [-0.3, -0.25) is 15.0 Å². The fraction of sp³-hybridized carbons (Fsp3) is 0.333. The molecule has 1 unspecified atom stereocenters. The molecule has 0 rings (SSSR count). The fourth-order valence-electron chi connectivity index (χ4n) is 0.208. The summed E-state index contributed by atoms with van der Waals surface area (Å²) in [7, 11) is 0. The molecule has 2 amide bonds. The lowest BCUT2D eigenvalue weighted by Gasteiger charge is -2.01. The van der Waals surface area contributed by atoms with Crippen LogP contribution in [0.15, 0.2) is 0 Å². The molecule has 6 N–H and O–H groups in total. The highest BCUT2D eigenvalue weighted by molar-refractivity contribution is 6.01. The lowest BCUT2D eigenvalue weighted by atomic mass is 10.3. The van der Waals surface area contributed by atoms with E-state index in [-0.39, 0.29) is 0 Å². The highest BCUT2D eigenvalue weighted by Gasteiger charge is 2.18. The largest absolute Gasteiger partial charge is 0.375 e.